The van der Waals surface area contributed by atoms with Gasteiger partial charge in [-0.25, -0.2) is 9.59 Å². The topological polar surface area (TPSA) is 74.6 Å². The van der Waals surface area contributed by atoms with Gasteiger partial charge in [-0.05, 0) is 29.0 Å². The first-order valence-electron chi connectivity index (χ1n) is 4.73. The van der Waals surface area contributed by atoms with Crippen LogP contribution in [0, 0.1) is 0 Å². The van der Waals surface area contributed by atoms with E-state index in [0.29, 0.717) is 15.7 Å². The minimum Gasteiger partial charge on any atom is -0.478 e. The standard InChI is InChI=1S/C12H8O4S/c13-11(14)8-4-6-2-1-3-10(17)7(6)5-9(8)12(15)16/h1-5,17H,(H,13,14)(H,15,16). The number of carboxylic acids is 2. The Morgan fingerprint density at radius 2 is 1.59 bits per heavy atom. The molecule has 4 nitrogen and oxygen atoms in total. The zero-order chi connectivity index (χ0) is 12.6. The van der Waals surface area contributed by atoms with Crippen molar-refractivity contribution in [2.75, 3.05) is 0 Å². The summed E-state index contributed by atoms with van der Waals surface area (Å²) < 4.78 is 0. The molecular formula is C12H8O4S. The largest absolute Gasteiger partial charge is 0.478 e. The maximum Gasteiger partial charge on any atom is 0.336 e. The Morgan fingerprint density at radius 1 is 1.00 bits per heavy atom. The van der Waals surface area contributed by atoms with E-state index in [4.69, 9.17) is 10.2 Å². The van der Waals surface area contributed by atoms with E-state index in [2.05, 4.69) is 12.6 Å². The summed E-state index contributed by atoms with van der Waals surface area (Å²) in [6, 6.07) is 7.85. The Bertz CT molecular complexity index is 634. The molecule has 0 fully saturated rings. The molecule has 0 aliphatic carbocycles. The van der Waals surface area contributed by atoms with Crippen molar-refractivity contribution in [3.8, 4) is 0 Å². The Kier molecular flexibility index (Phi) is 2.77. The number of carboxylic acid groups (broad SMARTS) is 2. The first kappa shape index (κ1) is 11.5. The fourth-order valence-electron chi connectivity index (χ4n) is 1.66. The lowest BCUT2D eigenvalue weighted by Gasteiger charge is -2.06. The number of rotatable bonds is 2. The minimum atomic E-state index is -1.26. The van der Waals surface area contributed by atoms with E-state index in [0.717, 1.165) is 0 Å². The Hall–Kier alpha value is -2.01. The van der Waals surface area contributed by atoms with Crippen LogP contribution in [0.5, 0.6) is 0 Å². The van der Waals surface area contributed by atoms with Crippen LogP contribution in [-0.4, -0.2) is 22.2 Å². The summed E-state index contributed by atoms with van der Waals surface area (Å²) in [5, 5.41) is 19.2. The number of hydrogen-bond donors (Lipinski definition) is 3. The third kappa shape index (κ3) is 1.97. The van der Waals surface area contributed by atoms with Crippen LogP contribution in [-0.2, 0) is 0 Å². The van der Waals surface area contributed by atoms with Gasteiger partial charge in [0, 0.05) is 4.90 Å². The van der Waals surface area contributed by atoms with E-state index >= 15 is 0 Å². The molecule has 0 aromatic heterocycles. The van der Waals surface area contributed by atoms with Crippen molar-refractivity contribution in [1.82, 2.24) is 0 Å². The lowest BCUT2D eigenvalue weighted by molar-refractivity contribution is 0.0652. The molecule has 2 aromatic rings. The van der Waals surface area contributed by atoms with E-state index < -0.39 is 11.9 Å². The zero-order valence-electron chi connectivity index (χ0n) is 8.54. The third-order valence-electron chi connectivity index (χ3n) is 2.46. The van der Waals surface area contributed by atoms with Gasteiger partial charge in [-0.1, -0.05) is 12.1 Å². The Morgan fingerprint density at radius 3 is 2.18 bits per heavy atom. The highest BCUT2D eigenvalue weighted by molar-refractivity contribution is 7.80. The molecule has 0 atom stereocenters. The molecule has 0 spiro atoms. The molecule has 0 heterocycles. The summed E-state index contributed by atoms with van der Waals surface area (Å²) in [6.45, 7) is 0. The maximum atomic E-state index is 11.0. The van der Waals surface area contributed by atoms with Crippen molar-refractivity contribution in [2.45, 2.75) is 4.90 Å². The van der Waals surface area contributed by atoms with E-state index in [1.165, 1.54) is 12.1 Å². The van der Waals surface area contributed by atoms with Crippen molar-refractivity contribution in [1.29, 1.82) is 0 Å². The van der Waals surface area contributed by atoms with Gasteiger partial charge < -0.3 is 10.2 Å². The van der Waals surface area contributed by atoms with Gasteiger partial charge >= 0.3 is 11.9 Å². The van der Waals surface area contributed by atoms with Crippen molar-refractivity contribution < 1.29 is 19.8 Å². The second-order valence-corrected chi connectivity index (χ2v) is 3.99. The number of hydrogen-bond acceptors (Lipinski definition) is 3. The summed E-state index contributed by atoms with van der Waals surface area (Å²) in [6.07, 6.45) is 0. The van der Waals surface area contributed by atoms with E-state index in [1.54, 1.807) is 18.2 Å². The van der Waals surface area contributed by atoms with Crippen LogP contribution < -0.4 is 0 Å². The molecule has 0 saturated heterocycles. The molecule has 2 aromatic carbocycles. The average molecular weight is 248 g/mol. The van der Waals surface area contributed by atoms with Crippen molar-refractivity contribution in [3.63, 3.8) is 0 Å². The second-order valence-electron chi connectivity index (χ2n) is 3.51. The lowest BCUT2D eigenvalue weighted by atomic mass is 10.0. The molecule has 17 heavy (non-hydrogen) atoms. The summed E-state index contributed by atoms with van der Waals surface area (Å²) >= 11 is 4.21. The molecule has 2 rings (SSSR count). The summed E-state index contributed by atoms with van der Waals surface area (Å²) in [7, 11) is 0. The third-order valence-corrected chi connectivity index (χ3v) is 2.85. The Labute approximate surface area is 102 Å². The van der Waals surface area contributed by atoms with Crippen LogP contribution in [0.3, 0.4) is 0 Å². The van der Waals surface area contributed by atoms with Gasteiger partial charge in [0.2, 0.25) is 0 Å². The van der Waals surface area contributed by atoms with Gasteiger partial charge in [0.05, 0.1) is 11.1 Å². The van der Waals surface area contributed by atoms with Crippen LogP contribution in [0.2, 0.25) is 0 Å². The second kappa shape index (κ2) is 4.10. The van der Waals surface area contributed by atoms with Gasteiger partial charge in [-0.2, -0.15) is 0 Å². The van der Waals surface area contributed by atoms with Crippen molar-refractivity contribution in [3.05, 3.63) is 41.5 Å². The number of benzene rings is 2. The van der Waals surface area contributed by atoms with E-state index in [-0.39, 0.29) is 11.1 Å². The molecule has 0 aliphatic heterocycles. The van der Waals surface area contributed by atoms with Crippen LogP contribution >= 0.6 is 12.6 Å². The predicted molar refractivity (Wildman–Crippen MR) is 65.1 cm³/mol. The molecule has 0 radical (unpaired) electrons. The molecule has 0 bridgehead atoms. The predicted octanol–water partition coefficient (Wildman–Crippen LogP) is 2.52. The van der Waals surface area contributed by atoms with E-state index in [9.17, 15) is 9.59 Å². The van der Waals surface area contributed by atoms with Gasteiger partial charge in [0.1, 0.15) is 0 Å². The minimum absolute atomic E-state index is 0.219. The molecule has 0 unspecified atom stereocenters. The summed E-state index contributed by atoms with van der Waals surface area (Å²) in [4.78, 5) is 22.6. The quantitative estimate of drug-likeness (QED) is 0.714. The fourth-order valence-corrected chi connectivity index (χ4v) is 1.94. The molecule has 5 heteroatoms. The Balaban J connectivity index is 2.87. The first-order chi connectivity index (χ1) is 8.00. The highest BCUT2D eigenvalue weighted by Gasteiger charge is 2.17. The van der Waals surface area contributed by atoms with E-state index in [1.807, 2.05) is 0 Å². The number of thiol groups is 1. The molecule has 86 valence electrons. The number of aromatic carboxylic acids is 2. The van der Waals surface area contributed by atoms with Crippen LogP contribution in [0.15, 0.2) is 35.2 Å². The van der Waals surface area contributed by atoms with Crippen molar-refractivity contribution in [2.24, 2.45) is 0 Å². The maximum absolute atomic E-state index is 11.0. The van der Waals surface area contributed by atoms with Crippen LogP contribution in [0.1, 0.15) is 20.7 Å². The molecule has 0 saturated carbocycles. The number of carbonyl (C=O) groups is 2. The molecule has 0 amide bonds. The summed E-state index contributed by atoms with van der Waals surface area (Å²) in [5.74, 6) is -2.52. The summed E-state index contributed by atoms with van der Waals surface area (Å²) in [5.41, 5.74) is -0.449. The van der Waals surface area contributed by atoms with Gasteiger partial charge in [-0.3, -0.25) is 0 Å². The van der Waals surface area contributed by atoms with Crippen LogP contribution in [0.4, 0.5) is 0 Å². The number of fused-ring (bicyclic) bond motifs is 1. The van der Waals surface area contributed by atoms with Crippen molar-refractivity contribution >= 4 is 35.3 Å². The van der Waals surface area contributed by atoms with Gasteiger partial charge in [-0.15, -0.1) is 12.6 Å². The highest BCUT2D eigenvalue weighted by atomic mass is 32.1. The molecular weight excluding hydrogens is 240 g/mol. The SMILES string of the molecule is O=C(O)c1cc2cccc(S)c2cc1C(=O)O. The first-order valence-corrected chi connectivity index (χ1v) is 5.17. The lowest BCUT2D eigenvalue weighted by Crippen LogP contribution is -2.07. The highest BCUT2D eigenvalue weighted by Crippen LogP contribution is 2.25. The zero-order valence-corrected chi connectivity index (χ0v) is 9.44. The van der Waals surface area contributed by atoms with Crippen LogP contribution in [0.25, 0.3) is 10.8 Å². The monoisotopic (exact) mass is 248 g/mol. The normalized spacial score (nSPS) is 10.4. The van der Waals surface area contributed by atoms with Gasteiger partial charge in [0.25, 0.3) is 0 Å². The fraction of sp³-hybridized carbons (Fsp3) is 0. The van der Waals surface area contributed by atoms with Gasteiger partial charge in [0.15, 0.2) is 0 Å². The smallest absolute Gasteiger partial charge is 0.336 e. The molecule has 2 N–H and O–H groups in total. The molecule has 0 aliphatic rings. The average Bonchev–Trinajstić information content (AvgIpc) is 2.27.